The number of benzene rings is 4. The van der Waals surface area contributed by atoms with Gasteiger partial charge in [-0.3, -0.25) is 4.79 Å². The lowest BCUT2D eigenvalue weighted by Crippen LogP contribution is -2.44. The van der Waals surface area contributed by atoms with Crippen LogP contribution in [0.3, 0.4) is 0 Å². The zero-order chi connectivity index (χ0) is 25.1. The largest absolute Gasteiger partial charge is 0.485 e. The first-order valence-corrected chi connectivity index (χ1v) is 12.5. The summed E-state index contributed by atoms with van der Waals surface area (Å²) in [6.45, 7) is 5.64. The Morgan fingerprint density at radius 2 is 1.83 bits per heavy atom. The second kappa shape index (κ2) is 10.4. The molecule has 0 aromatic heterocycles. The van der Waals surface area contributed by atoms with Crippen molar-refractivity contribution in [2.75, 3.05) is 18.0 Å². The van der Waals surface area contributed by atoms with Crippen LogP contribution in [0, 0.1) is 6.92 Å². The average molecular weight is 481 g/mol. The molecule has 2 unspecified atom stereocenters. The minimum absolute atomic E-state index is 0.0406. The van der Waals surface area contributed by atoms with Gasteiger partial charge in [-0.05, 0) is 72.0 Å². The third kappa shape index (κ3) is 5.07. The molecule has 36 heavy (non-hydrogen) atoms. The number of carboxylic acids is 1. The summed E-state index contributed by atoms with van der Waals surface area (Å²) in [7, 11) is 0. The van der Waals surface area contributed by atoms with Crippen LogP contribution in [0.1, 0.15) is 36.1 Å². The van der Waals surface area contributed by atoms with Gasteiger partial charge in [0.25, 0.3) is 0 Å². The van der Waals surface area contributed by atoms with Crippen molar-refractivity contribution in [3.8, 4) is 5.75 Å². The highest BCUT2D eigenvalue weighted by Gasteiger charge is 2.27. The number of carbonyl (C=O) groups is 1. The van der Waals surface area contributed by atoms with E-state index in [1.165, 1.54) is 16.3 Å². The maximum Gasteiger partial charge on any atom is 0.303 e. The zero-order valence-electron chi connectivity index (χ0n) is 20.8. The van der Waals surface area contributed by atoms with E-state index in [0.29, 0.717) is 19.5 Å². The molecule has 5 heteroatoms. The van der Waals surface area contributed by atoms with Gasteiger partial charge < -0.3 is 20.1 Å². The van der Waals surface area contributed by atoms with Gasteiger partial charge in [-0.1, -0.05) is 60.7 Å². The van der Waals surface area contributed by atoms with Crippen LogP contribution >= 0.6 is 0 Å². The summed E-state index contributed by atoms with van der Waals surface area (Å²) in [5, 5.41) is 15.4. The molecule has 0 amide bonds. The van der Waals surface area contributed by atoms with Gasteiger partial charge in [0.1, 0.15) is 11.9 Å². The molecule has 5 rings (SSSR count). The molecule has 2 N–H and O–H groups in total. The summed E-state index contributed by atoms with van der Waals surface area (Å²) < 4.78 is 6.41. The van der Waals surface area contributed by atoms with E-state index in [1.807, 2.05) is 25.1 Å². The summed E-state index contributed by atoms with van der Waals surface area (Å²) in [6, 6.07) is 29.6. The molecule has 0 aliphatic carbocycles. The number of nitrogens with one attached hydrogen (secondary N) is 1. The minimum Gasteiger partial charge on any atom is -0.485 e. The number of anilines is 2. The van der Waals surface area contributed by atoms with Gasteiger partial charge in [-0.2, -0.15) is 0 Å². The predicted molar refractivity (Wildman–Crippen MR) is 145 cm³/mol. The number of rotatable bonds is 8. The Morgan fingerprint density at radius 3 is 2.69 bits per heavy atom. The molecule has 1 heterocycles. The van der Waals surface area contributed by atoms with Crippen molar-refractivity contribution in [2.24, 2.45) is 0 Å². The van der Waals surface area contributed by atoms with E-state index in [0.717, 1.165) is 28.3 Å². The topological polar surface area (TPSA) is 61.8 Å². The van der Waals surface area contributed by atoms with Gasteiger partial charge in [0.2, 0.25) is 0 Å². The van der Waals surface area contributed by atoms with Crippen LogP contribution in [0.25, 0.3) is 10.8 Å². The molecular formula is C31H32N2O3. The number of para-hydroxylation sites is 2. The normalized spacial score (nSPS) is 15.8. The highest BCUT2D eigenvalue weighted by molar-refractivity contribution is 5.86. The van der Waals surface area contributed by atoms with E-state index in [2.05, 4.69) is 83.9 Å². The third-order valence-electron chi connectivity index (χ3n) is 7.03. The molecule has 4 aromatic carbocycles. The van der Waals surface area contributed by atoms with E-state index in [4.69, 9.17) is 9.84 Å². The molecule has 0 bridgehead atoms. The van der Waals surface area contributed by atoms with Crippen molar-refractivity contribution in [3.63, 3.8) is 0 Å². The van der Waals surface area contributed by atoms with Crippen LogP contribution in [0.15, 0.2) is 84.9 Å². The standard InChI is InChI=1S/C31H32N2O3/c1-21-14-16-25(18-24(21)15-17-31(34)35)33-20-26(36-30-13-6-5-12-29(30)33)19-32-22(2)27-11-7-9-23-8-3-4-10-28(23)27/h3-14,16,18,22,26,32H,15,17,19-20H2,1-2H3,(H,34,35). The first kappa shape index (κ1) is 23.9. The van der Waals surface area contributed by atoms with Crippen molar-refractivity contribution in [2.45, 2.75) is 38.8 Å². The second-order valence-corrected chi connectivity index (χ2v) is 9.52. The van der Waals surface area contributed by atoms with Gasteiger partial charge in [0.05, 0.1) is 12.2 Å². The van der Waals surface area contributed by atoms with Gasteiger partial charge >= 0.3 is 5.97 Å². The molecule has 1 aliphatic heterocycles. The van der Waals surface area contributed by atoms with E-state index in [-0.39, 0.29) is 18.6 Å². The number of hydrogen-bond donors (Lipinski definition) is 2. The van der Waals surface area contributed by atoms with Crippen molar-refractivity contribution in [1.29, 1.82) is 0 Å². The fourth-order valence-corrected chi connectivity index (χ4v) is 5.03. The molecule has 0 saturated heterocycles. The van der Waals surface area contributed by atoms with E-state index >= 15 is 0 Å². The van der Waals surface area contributed by atoms with E-state index < -0.39 is 5.97 Å². The van der Waals surface area contributed by atoms with Crippen molar-refractivity contribution >= 4 is 28.1 Å². The van der Waals surface area contributed by atoms with E-state index in [1.54, 1.807) is 0 Å². The van der Waals surface area contributed by atoms with Crippen LogP contribution in [0.5, 0.6) is 5.75 Å². The van der Waals surface area contributed by atoms with Gasteiger partial charge in [-0.15, -0.1) is 0 Å². The van der Waals surface area contributed by atoms with Crippen LogP contribution in [0.4, 0.5) is 11.4 Å². The van der Waals surface area contributed by atoms with E-state index in [9.17, 15) is 4.79 Å². The number of fused-ring (bicyclic) bond motifs is 2. The quantitative estimate of drug-likeness (QED) is 0.305. The average Bonchev–Trinajstić information content (AvgIpc) is 2.90. The van der Waals surface area contributed by atoms with Gasteiger partial charge in [0.15, 0.2) is 0 Å². The molecule has 2 atom stereocenters. The van der Waals surface area contributed by atoms with Gasteiger partial charge in [0, 0.05) is 24.7 Å². The number of aliphatic carboxylic acids is 1. The SMILES string of the molecule is Cc1ccc(N2CC(CNC(C)c3cccc4ccccc34)Oc3ccccc32)cc1CCC(=O)O. The zero-order valence-corrected chi connectivity index (χ0v) is 20.8. The molecule has 4 aromatic rings. The predicted octanol–water partition coefficient (Wildman–Crippen LogP) is 6.42. The van der Waals surface area contributed by atoms with Crippen molar-refractivity contribution in [1.82, 2.24) is 5.32 Å². The molecule has 1 aliphatic rings. The Balaban J connectivity index is 1.36. The Morgan fingerprint density at radius 1 is 1.06 bits per heavy atom. The monoisotopic (exact) mass is 480 g/mol. The maximum absolute atomic E-state index is 11.1. The summed E-state index contributed by atoms with van der Waals surface area (Å²) >= 11 is 0. The lowest BCUT2D eigenvalue weighted by molar-refractivity contribution is -0.136. The van der Waals surface area contributed by atoms with Crippen molar-refractivity contribution in [3.05, 3.63) is 102 Å². The number of nitrogens with zero attached hydrogens (tertiary/aromatic N) is 1. The van der Waals surface area contributed by atoms with Crippen LogP contribution < -0.4 is 15.0 Å². The number of aryl methyl sites for hydroxylation is 2. The number of ether oxygens (including phenoxy) is 1. The molecule has 0 fully saturated rings. The Hall–Kier alpha value is -3.83. The molecule has 0 spiro atoms. The highest BCUT2D eigenvalue weighted by Crippen LogP contribution is 2.38. The highest BCUT2D eigenvalue weighted by atomic mass is 16.5. The fourth-order valence-electron chi connectivity index (χ4n) is 5.03. The summed E-state index contributed by atoms with van der Waals surface area (Å²) in [5.41, 5.74) is 5.55. The summed E-state index contributed by atoms with van der Waals surface area (Å²) in [4.78, 5) is 13.4. The Bertz CT molecular complexity index is 1380. The molecule has 184 valence electrons. The molecular weight excluding hydrogens is 448 g/mol. The van der Waals surface area contributed by atoms with Crippen LogP contribution in [-0.4, -0.2) is 30.3 Å². The Kier molecular flexibility index (Phi) is 6.92. The Labute approximate surface area is 212 Å². The minimum atomic E-state index is -0.775. The fraction of sp³-hybridized carbons (Fsp3) is 0.258. The lowest BCUT2D eigenvalue weighted by Gasteiger charge is -2.37. The van der Waals surface area contributed by atoms with Crippen molar-refractivity contribution < 1.29 is 14.6 Å². The lowest BCUT2D eigenvalue weighted by atomic mass is 9.99. The maximum atomic E-state index is 11.1. The van der Waals surface area contributed by atoms with Crippen LogP contribution in [0.2, 0.25) is 0 Å². The first-order valence-electron chi connectivity index (χ1n) is 12.5. The number of carboxylic acid groups (broad SMARTS) is 1. The van der Waals surface area contributed by atoms with Crippen LogP contribution in [-0.2, 0) is 11.2 Å². The molecule has 0 saturated carbocycles. The molecule has 0 radical (unpaired) electrons. The summed E-state index contributed by atoms with van der Waals surface area (Å²) in [5.74, 6) is 0.0870. The summed E-state index contributed by atoms with van der Waals surface area (Å²) in [6.07, 6.45) is 0.609. The third-order valence-corrected chi connectivity index (χ3v) is 7.03. The second-order valence-electron chi connectivity index (χ2n) is 9.52. The van der Waals surface area contributed by atoms with Gasteiger partial charge in [-0.25, -0.2) is 0 Å². The first-order chi connectivity index (χ1) is 17.5. The molecule has 5 nitrogen and oxygen atoms in total. The smallest absolute Gasteiger partial charge is 0.303 e. The number of hydrogen-bond acceptors (Lipinski definition) is 4.